The predicted octanol–water partition coefficient (Wildman–Crippen LogP) is 2.71. The van der Waals surface area contributed by atoms with Crippen molar-refractivity contribution >= 4 is 11.6 Å². The first-order valence-electron chi connectivity index (χ1n) is 8.10. The molecule has 0 amide bonds. The van der Waals surface area contributed by atoms with Crippen molar-refractivity contribution < 1.29 is 4.74 Å². The molecule has 1 aromatic carbocycles. The molecule has 0 aliphatic carbocycles. The molecule has 3 nitrogen and oxygen atoms in total. The molecule has 1 aromatic rings. The fraction of sp³-hybridized carbons (Fsp3) is 0.647. The lowest BCUT2D eigenvalue weighted by molar-refractivity contribution is 0.179. The van der Waals surface area contributed by atoms with Crippen LogP contribution in [0, 0.1) is 18.8 Å². The molecule has 114 valence electrons. The van der Waals surface area contributed by atoms with Crippen molar-refractivity contribution in [3.8, 4) is 5.75 Å². The zero-order valence-corrected chi connectivity index (χ0v) is 13.3. The number of halogens is 1. The summed E-state index contributed by atoms with van der Waals surface area (Å²) >= 11 is 6.23. The van der Waals surface area contributed by atoms with Crippen molar-refractivity contribution in [3.63, 3.8) is 0 Å². The molecule has 4 heteroatoms. The second-order valence-corrected chi connectivity index (χ2v) is 7.08. The highest BCUT2D eigenvalue weighted by atomic mass is 35.5. The summed E-state index contributed by atoms with van der Waals surface area (Å²) in [5.74, 6) is 2.61. The number of fused-ring (bicyclic) bond motifs is 5. The summed E-state index contributed by atoms with van der Waals surface area (Å²) in [6, 6.07) is 7.49. The third-order valence-corrected chi connectivity index (χ3v) is 5.97. The van der Waals surface area contributed by atoms with Gasteiger partial charge in [0.15, 0.2) is 0 Å². The van der Waals surface area contributed by atoms with Crippen LogP contribution in [0.3, 0.4) is 0 Å². The Hall–Kier alpha value is -0.770. The molecule has 3 heterocycles. The van der Waals surface area contributed by atoms with Gasteiger partial charge in [-0.15, -0.1) is 0 Å². The monoisotopic (exact) mass is 306 g/mol. The molecule has 1 N–H and O–H groups in total. The summed E-state index contributed by atoms with van der Waals surface area (Å²) < 4.78 is 5.99. The zero-order valence-electron chi connectivity index (χ0n) is 12.5. The van der Waals surface area contributed by atoms with Crippen LogP contribution in [0.25, 0.3) is 0 Å². The Labute approximate surface area is 131 Å². The van der Waals surface area contributed by atoms with Crippen molar-refractivity contribution in [1.82, 2.24) is 10.2 Å². The first kappa shape index (κ1) is 13.9. The molecule has 3 fully saturated rings. The van der Waals surface area contributed by atoms with Crippen LogP contribution in [0.1, 0.15) is 18.4 Å². The van der Waals surface area contributed by atoms with Crippen molar-refractivity contribution in [2.75, 3.05) is 26.2 Å². The van der Waals surface area contributed by atoms with E-state index in [0.717, 1.165) is 53.4 Å². The van der Waals surface area contributed by atoms with Gasteiger partial charge in [-0.3, -0.25) is 4.90 Å². The number of nitrogens with one attached hydrogen (secondary N) is 1. The van der Waals surface area contributed by atoms with Crippen LogP contribution in [0.15, 0.2) is 18.2 Å². The van der Waals surface area contributed by atoms with Crippen molar-refractivity contribution in [1.29, 1.82) is 0 Å². The molecule has 0 radical (unpaired) electrons. The van der Waals surface area contributed by atoms with Gasteiger partial charge in [0, 0.05) is 18.6 Å². The molecule has 4 atom stereocenters. The highest BCUT2D eigenvalue weighted by molar-refractivity contribution is 6.32. The lowest BCUT2D eigenvalue weighted by Crippen LogP contribution is -2.37. The molecule has 2 bridgehead atoms. The quantitative estimate of drug-likeness (QED) is 0.925. The van der Waals surface area contributed by atoms with E-state index in [1.807, 2.05) is 12.1 Å². The maximum Gasteiger partial charge on any atom is 0.140 e. The lowest BCUT2D eigenvalue weighted by Gasteiger charge is -2.24. The number of hydrogen-bond acceptors (Lipinski definition) is 3. The van der Waals surface area contributed by atoms with Gasteiger partial charge in [0.1, 0.15) is 12.4 Å². The number of benzene rings is 1. The average molecular weight is 307 g/mol. The number of rotatable bonds is 4. The van der Waals surface area contributed by atoms with Crippen molar-refractivity contribution in [3.05, 3.63) is 28.8 Å². The van der Waals surface area contributed by atoms with Crippen LogP contribution in [0.5, 0.6) is 5.75 Å². The maximum atomic E-state index is 6.23. The molecule has 4 rings (SSSR count). The normalized spacial score (nSPS) is 34.4. The molecule has 0 aromatic heterocycles. The number of ether oxygens (including phenoxy) is 1. The minimum atomic E-state index is 0.723. The predicted molar refractivity (Wildman–Crippen MR) is 85.0 cm³/mol. The molecule has 0 spiro atoms. The lowest BCUT2D eigenvalue weighted by atomic mass is 9.82. The van der Waals surface area contributed by atoms with Gasteiger partial charge in [-0.05, 0) is 56.3 Å². The summed E-state index contributed by atoms with van der Waals surface area (Å²) in [6.07, 6.45) is 2.75. The van der Waals surface area contributed by atoms with E-state index in [2.05, 4.69) is 23.2 Å². The van der Waals surface area contributed by atoms with Gasteiger partial charge in [-0.25, -0.2) is 0 Å². The Bertz CT molecular complexity index is 497. The first-order valence-corrected chi connectivity index (χ1v) is 8.48. The van der Waals surface area contributed by atoms with Crippen LogP contribution < -0.4 is 10.1 Å². The second kappa shape index (κ2) is 5.45. The van der Waals surface area contributed by atoms with Gasteiger partial charge in [-0.2, -0.15) is 0 Å². The topological polar surface area (TPSA) is 24.5 Å². The Balaban J connectivity index is 1.38. The van der Waals surface area contributed by atoms with Crippen molar-refractivity contribution in [2.45, 2.75) is 31.8 Å². The highest BCUT2D eigenvalue weighted by Crippen LogP contribution is 2.47. The fourth-order valence-electron chi connectivity index (χ4n) is 4.79. The van der Waals surface area contributed by atoms with E-state index in [4.69, 9.17) is 16.3 Å². The zero-order chi connectivity index (χ0) is 14.4. The summed E-state index contributed by atoms with van der Waals surface area (Å²) in [5, 5.41) is 4.29. The Morgan fingerprint density at radius 3 is 2.62 bits per heavy atom. The third-order valence-electron chi connectivity index (χ3n) is 5.67. The minimum Gasteiger partial charge on any atom is -0.490 e. The van der Waals surface area contributed by atoms with E-state index in [1.54, 1.807) is 0 Å². The van der Waals surface area contributed by atoms with Crippen LogP contribution in [0.2, 0.25) is 5.02 Å². The SMILES string of the molecule is Cc1cccc(Cl)c1OCCN1[C@@H]2CC[C@H]1[C@H]1CNC[C@H]12. The summed E-state index contributed by atoms with van der Waals surface area (Å²) in [6.45, 7) is 6.26. The van der Waals surface area contributed by atoms with E-state index in [9.17, 15) is 0 Å². The molecule has 3 aliphatic heterocycles. The van der Waals surface area contributed by atoms with Crippen LogP contribution >= 0.6 is 11.6 Å². The smallest absolute Gasteiger partial charge is 0.140 e. The fourth-order valence-corrected chi connectivity index (χ4v) is 5.06. The number of nitrogens with zero attached hydrogens (tertiary/aromatic N) is 1. The molecule has 3 saturated heterocycles. The third kappa shape index (κ3) is 2.26. The number of para-hydroxylation sites is 1. The maximum absolute atomic E-state index is 6.23. The highest BCUT2D eigenvalue weighted by Gasteiger charge is 2.54. The van der Waals surface area contributed by atoms with Gasteiger partial charge in [0.25, 0.3) is 0 Å². The Morgan fingerprint density at radius 1 is 1.24 bits per heavy atom. The first-order chi connectivity index (χ1) is 10.3. The number of hydrogen-bond donors (Lipinski definition) is 1. The summed E-state index contributed by atoms with van der Waals surface area (Å²) in [4.78, 5) is 2.71. The molecule has 21 heavy (non-hydrogen) atoms. The van der Waals surface area contributed by atoms with Gasteiger partial charge in [-0.1, -0.05) is 23.7 Å². The van der Waals surface area contributed by atoms with Crippen LogP contribution in [-0.4, -0.2) is 43.2 Å². The van der Waals surface area contributed by atoms with E-state index >= 15 is 0 Å². The molecule has 0 unspecified atom stereocenters. The van der Waals surface area contributed by atoms with Crippen LogP contribution in [-0.2, 0) is 0 Å². The van der Waals surface area contributed by atoms with Crippen molar-refractivity contribution in [2.24, 2.45) is 11.8 Å². The molecular weight excluding hydrogens is 284 g/mol. The van der Waals surface area contributed by atoms with Gasteiger partial charge >= 0.3 is 0 Å². The van der Waals surface area contributed by atoms with Gasteiger partial charge < -0.3 is 10.1 Å². The summed E-state index contributed by atoms with van der Waals surface area (Å²) in [7, 11) is 0. The Kier molecular flexibility index (Phi) is 3.60. The number of aryl methyl sites for hydroxylation is 1. The minimum absolute atomic E-state index is 0.723. The van der Waals surface area contributed by atoms with E-state index in [1.165, 1.54) is 25.9 Å². The van der Waals surface area contributed by atoms with E-state index in [0.29, 0.717) is 0 Å². The van der Waals surface area contributed by atoms with E-state index < -0.39 is 0 Å². The standard InChI is InChI=1S/C17H23ClN2O/c1-11-3-2-4-14(18)17(11)21-8-7-20-15-5-6-16(20)13-10-19-9-12(13)15/h2-4,12-13,15-16,19H,5-10H2,1H3/t12-,13+,15-,16+. The second-order valence-electron chi connectivity index (χ2n) is 6.67. The summed E-state index contributed by atoms with van der Waals surface area (Å²) in [5.41, 5.74) is 1.12. The van der Waals surface area contributed by atoms with Gasteiger partial charge in [0.05, 0.1) is 5.02 Å². The molecule has 0 saturated carbocycles. The Morgan fingerprint density at radius 2 is 1.95 bits per heavy atom. The van der Waals surface area contributed by atoms with E-state index in [-0.39, 0.29) is 0 Å². The molecule has 3 aliphatic rings. The largest absolute Gasteiger partial charge is 0.490 e. The molecular formula is C17H23ClN2O. The average Bonchev–Trinajstić information content (AvgIpc) is 3.14. The van der Waals surface area contributed by atoms with Gasteiger partial charge in [0.2, 0.25) is 0 Å². The van der Waals surface area contributed by atoms with Crippen LogP contribution in [0.4, 0.5) is 0 Å².